The average Bonchev–Trinajstić information content (AvgIpc) is 2.88. The molecule has 1 aromatic heterocycles. The number of fused-ring (bicyclic) bond motifs is 1. The van der Waals surface area contributed by atoms with Gasteiger partial charge < -0.3 is 0 Å². The van der Waals surface area contributed by atoms with Crippen LogP contribution in [-0.2, 0) is 6.42 Å². The second-order valence-corrected chi connectivity index (χ2v) is 5.86. The smallest absolute Gasteiger partial charge is 0.123 e. The van der Waals surface area contributed by atoms with E-state index in [0.29, 0.717) is 6.42 Å². The van der Waals surface area contributed by atoms with E-state index in [2.05, 4.69) is 23.6 Å². The summed E-state index contributed by atoms with van der Waals surface area (Å²) in [5, 5.41) is 1.21. The Balaban J connectivity index is 1.89. The third-order valence-corrected chi connectivity index (χ3v) is 4.55. The molecule has 20 heavy (non-hydrogen) atoms. The number of benzene rings is 2. The summed E-state index contributed by atoms with van der Waals surface area (Å²) in [5.41, 5.74) is 3.77. The zero-order valence-corrected chi connectivity index (χ0v) is 11.7. The van der Waals surface area contributed by atoms with Gasteiger partial charge >= 0.3 is 0 Å². The van der Waals surface area contributed by atoms with Gasteiger partial charge in [0.25, 0.3) is 0 Å². The number of thiophene rings is 1. The summed E-state index contributed by atoms with van der Waals surface area (Å²) in [6, 6.07) is 17.0. The molecule has 0 aliphatic carbocycles. The number of hydrazine groups is 1. The molecule has 2 nitrogen and oxygen atoms in total. The Morgan fingerprint density at radius 1 is 1.10 bits per heavy atom. The number of halogens is 1. The minimum atomic E-state index is -0.213. The molecule has 0 amide bonds. The standard InChI is InChI=1S/C16H15FN2S/c17-13-6-3-4-11(8-13)9-14(19-18)16-10-12-5-1-2-7-15(12)20-16/h1-8,10,14,19H,9,18H2. The molecule has 3 rings (SSSR count). The molecule has 3 aromatic rings. The van der Waals surface area contributed by atoms with Crippen molar-refractivity contribution in [3.63, 3.8) is 0 Å². The molecule has 2 aromatic carbocycles. The third kappa shape index (κ3) is 2.72. The van der Waals surface area contributed by atoms with Crippen LogP contribution < -0.4 is 11.3 Å². The fourth-order valence-electron chi connectivity index (χ4n) is 2.32. The fourth-order valence-corrected chi connectivity index (χ4v) is 3.44. The molecule has 0 spiro atoms. The molecule has 1 heterocycles. The van der Waals surface area contributed by atoms with Crippen LogP contribution >= 0.6 is 11.3 Å². The van der Waals surface area contributed by atoms with Gasteiger partial charge in [0.05, 0.1) is 6.04 Å². The first-order valence-electron chi connectivity index (χ1n) is 6.45. The highest BCUT2D eigenvalue weighted by Gasteiger charge is 2.14. The van der Waals surface area contributed by atoms with E-state index in [9.17, 15) is 4.39 Å². The van der Waals surface area contributed by atoms with Crippen LogP contribution in [-0.4, -0.2) is 0 Å². The minimum absolute atomic E-state index is 0.00537. The van der Waals surface area contributed by atoms with E-state index < -0.39 is 0 Å². The lowest BCUT2D eigenvalue weighted by molar-refractivity contribution is 0.557. The lowest BCUT2D eigenvalue weighted by Gasteiger charge is -2.14. The normalized spacial score (nSPS) is 12.7. The molecule has 0 aliphatic rings. The van der Waals surface area contributed by atoms with Gasteiger partial charge in [-0.25, -0.2) is 4.39 Å². The van der Waals surface area contributed by atoms with Crippen molar-refractivity contribution < 1.29 is 4.39 Å². The lowest BCUT2D eigenvalue weighted by Crippen LogP contribution is -2.28. The van der Waals surface area contributed by atoms with E-state index in [1.165, 1.54) is 16.2 Å². The second-order valence-electron chi connectivity index (χ2n) is 4.74. The highest BCUT2D eigenvalue weighted by molar-refractivity contribution is 7.19. The summed E-state index contributed by atoms with van der Waals surface area (Å²) in [6.07, 6.45) is 0.668. The van der Waals surface area contributed by atoms with Crippen LogP contribution in [0.3, 0.4) is 0 Å². The molecule has 0 fully saturated rings. The highest BCUT2D eigenvalue weighted by atomic mass is 32.1. The Bertz CT molecular complexity index is 690. The monoisotopic (exact) mass is 286 g/mol. The molecule has 1 atom stereocenters. The summed E-state index contributed by atoms with van der Waals surface area (Å²) >= 11 is 1.72. The molecule has 4 heteroatoms. The van der Waals surface area contributed by atoms with Crippen molar-refractivity contribution in [2.45, 2.75) is 12.5 Å². The summed E-state index contributed by atoms with van der Waals surface area (Å²) in [4.78, 5) is 1.16. The van der Waals surface area contributed by atoms with E-state index in [4.69, 9.17) is 5.84 Å². The zero-order chi connectivity index (χ0) is 13.9. The van der Waals surface area contributed by atoms with E-state index in [-0.39, 0.29) is 11.9 Å². The Morgan fingerprint density at radius 3 is 2.70 bits per heavy atom. The van der Waals surface area contributed by atoms with Crippen molar-refractivity contribution >= 4 is 21.4 Å². The first-order valence-corrected chi connectivity index (χ1v) is 7.27. The molecular weight excluding hydrogens is 271 g/mol. The van der Waals surface area contributed by atoms with Gasteiger partial charge in [-0.2, -0.15) is 0 Å². The van der Waals surface area contributed by atoms with Gasteiger partial charge in [0.15, 0.2) is 0 Å². The van der Waals surface area contributed by atoms with Crippen LogP contribution in [0.15, 0.2) is 54.6 Å². The van der Waals surface area contributed by atoms with Crippen LogP contribution in [0.4, 0.5) is 4.39 Å². The van der Waals surface area contributed by atoms with Gasteiger partial charge in [-0.1, -0.05) is 30.3 Å². The second kappa shape index (κ2) is 5.71. The summed E-state index contributed by atoms with van der Waals surface area (Å²) < 4.78 is 14.5. The number of hydrogen-bond acceptors (Lipinski definition) is 3. The molecule has 0 radical (unpaired) electrons. The van der Waals surface area contributed by atoms with E-state index in [1.807, 2.05) is 18.2 Å². The maximum absolute atomic E-state index is 13.2. The Labute approximate surface area is 121 Å². The van der Waals surface area contributed by atoms with Gasteiger partial charge in [-0.15, -0.1) is 11.3 Å². The van der Waals surface area contributed by atoms with Crippen molar-refractivity contribution in [2.24, 2.45) is 5.84 Å². The third-order valence-electron chi connectivity index (χ3n) is 3.32. The van der Waals surface area contributed by atoms with E-state index in [1.54, 1.807) is 23.5 Å². The first-order chi connectivity index (χ1) is 9.76. The first kappa shape index (κ1) is 13.2. The Morgan fingerprint density at radius 2 is 1.95 bits per heavy atom. The predicted molar refractivity (Wildman–Crippen MR) is 82.0 cm³/mol. The van der Waals surface area contributed by atoms with Gasteiger partial charge in [0, 0.05) is 9.58 Å². The van der Waals surface area contributed by atoms with Gasteiger partial charge in [-0.3, -0.25) is 11.3 Å². The van der Waals surface area contributed by atoms with E-state index >= 15 is 0 Å². The SMILES string of the molecule is NNC(Cc1cccc(F)c1)c1cc2ccccc2s1. The van der Waals surface area contributed by atoms with Crippen molar-refractivity contribution in [1.29, 1.82) is 0 Å². The largest absolute Gasteiger partial charge is 0.271 e. The maximum atomic E-state index is 13.2. The van der Waals surface area contributed by atoms with Crippen LogP contribution in [0.25, 0.3) is 10.1 Å². The average molecular weight is 286 g/mol. The Hall–Kier alpha value is -1.75. The lowest BCUT2D eigenvalue weighted by atomic mass is 10.0. The number of hydrogen-bond donors (Lipinski definition) is 2. The van der Waals surface area contributed by atoms with Crippen molar-refractivity contribution in [1.82, 2.24) is 5.43 Å². The quantitative estimate of drug-likeness (QED) is 0.565. The maximum Gasteiger partial charge on any atom is 0.123 e. The molecule has 1 unspecified atom stereocenters. The van der Waals surface area contributed by atoms with Crippen molar-refractivity contribution in [3.8, 4) is 0 Å². The predicted octanol–water partition coefficient (Wildman–Crippen LogP) is 3.79. The zero-order valence-electron chi connectivity index (χ0n) is 10.8. The van der Waals surface area contributed by atoms with E-state index in [0.717, 1.165) is 10.4 Å². The molecular formula is C16H15FN2S. The van der Waals surface area contributed by atoms with Crippen LogP contribution in [0.2, 0.25) is 0 Å². The van der Waals surface area contributed by atoms with Crippen LogP contribution in [0.5, 0.6) is 0 Å². The number of rotatable bonds is 4. The molecule has 3 N–H and O–H groups in total. The molecule has 102 valence electrons. The molecule has 0 saturated heterocycles. The van der Waals surface area contributed by atoms with Crippen LogP contribution in [0, 0.1) is 5.82 Å². The summed E-state index contributed by atoms with van der Waals surface area (Å²) in [5.74, 6) is 5.46. The number of nitrogens with one attached hydrogen (secondary N) is 1. The van der Waals surface area contributed by atoms with Crippen molar-refractivity contribution in [2.75, 3.05) is 0 Å². The topological polar surface area (TPSA) is 38.0 Å². The van der Waals surface area contributed by atoms with Gasteiger partial charge in [0.2, 0.25) is 0 Å². The number of nitrogens with two attached hydrogens (primary N) is 1. The minimum Gasteiger partial charge on any atom is -0.271 e. The van der Waals surface area contributed by atoms with Gasteiger partial charge in [0.1, 0.15) is 5.82 Å². The summed E-state index contributed by atoms with van der Waals surface area (Å²) in [7, 11) is 0. The molecule has 0 saturated carbocycles. The molecule has 0 bridgehead atoms. The highest BCUT2D eigenvalue weighted by Crippen LogP contribution is 2.31. The van der Waals surface area contributed by atoms with Crippen molar-refractivity contribution in [3.05, 3.63) is 70.9 Å². The van der Waals surface area contributed by atoms with Crippen LogP contribution in [0.1, 0.15) is 16.5 Å². The summed E-state index contributed by atoms with van der Waals surface area (Å²) in [6.45, 7) is 0. The van der Waals surface area contributed by atoms with Gasteiger partial charge in [-0.05, 0) is 41.6 Å². The Kier molecular flexibility index (Phi) is 3.78. The molecule has 0 aliphatic heterocycles. The fraction of sp³-hybridized carbons (Fsp3) is 0.125.